The number of fused-ring (bicyclic) bond motifs is 3. The summed E-state index contributed by atoms with van der Waals surface area (Å²) < 4.78 is 0.950. The minimum atomic E-state index is -0.117. The Balaban J connectivity index is 1.14. The van der Waals surface area contributed by atoms with Gasteiger partial charge in [0.25, 0.3) is 11.5 Å². The molecule has 0 saturated carbocycles. The van der Waals surface area contributed by atoms with Crippen LogP contribution in [0.3, 0.4) is 0 Å². The average molecular weight is 446 g/mol. The highest BCUT2D eigenvalue weighted by molar-refractivity contribution is 7.21. The minimum Gasteiger partial charge on any atom is -0.350 e. The van der Waals surface area contributed by atoms with Crippen molar-refractivity contribution in [1.29, 1.82) is 0 Å². The van der Waals surface area contributed by atoms with Crippen LogP contribution in [0.2, 0.25) is 0 Å². The Bertz CT molecular complexity index is 1290. The van der Waals surface area contributed by atoms with Crippen LogP contribution < -0.4 is 10.9 Å². The van der Waals surface area contributed by atoms with Crippen molar-refractivity contribution in [2.45, 2.75) is 19.3 Å². The van der Waals surface area contributed by atoms with E-state index in [1.54, 1.807) is 6.07 Å². The molecule has 0 atom stereocenters. The van der Waals surface area contributed by atoms with E-state index in [1.807, 2.05) is 24.3 Å². The van der Waals surface area contributed by atoms with Gasteiger partial charge in [-0.1, -0.05) is 48.5 Å². The molecule has 32 heavy (non-hydrogen) atoms. The molecule has 0 bridgehead atoms. The first-order chi connectivity index (χ1) is 15.7. The van der Waals surface area contributed by atoms with Crippen LogP contribution in [0.4, 0.5) is 0 Å². The standard InChI is InChI=1S/C26H27N3O2S/c30-25-21-9-5-4-8-20(21)24-22(28-25)17-23(32-24)26(31)27-12-15-29-13-10-19(11-14-29)16-18-6-2-1-3-7-18/h1-9,17,19H,10-16H2,(H,27,31)(H,28,30). The van der Waals surface area contributed by atoms with E-state index in [0.29, 0.717) is 16.8 Å². The van der Waals surface area contributed by atoms with Crippen molar-refractivity contribution >= 4 is 38.2 Å². The summed E-state index contributed by atoms with van der Waals surface area (Å²) in [5.41, 5.74) is 2.04. The number of likely N-dealkylation sites (tertiary alicyclic amines) is 1. The van der Waals surface area contributed by atoms with E-state index in [0.717, 1.165) is 47.6 Å². The second-order valence-electron chi connectivity index (χ2n) is 8.58. The molecule has 6 heteroatoms. The molecule has 2 aromatic heterocycles. The van der Waals surface area contributed by atoms with Crippen LogP contribution in [-0.4, -0.2) is 42.0 Å². The second kappa shape index (κ2) is 9.27. The molecule has 2 aromatic carbocycles. The van der Waals surface area contributed by atoms with Crippen LogP contribution >= 0.6 is 11.3 Å². The Morgan fingerprint density at radius 3 is 2.53 bits per heavy atom. The molecule has 2 N–H and O–H groups in total. The van der Waals surface area contributed by atoms with E-state index < -0.39 is 0 Å². The van der Waals surface area contributed by atoms with Gasteiger partial charge in [-0.05, 0) is 56.0 Å². The quantitative estimate of drug-likeness (QED) is 0.462. The molecule has 1 aliphatic heterocycles. The van der Waals surface area contributed by atoms with Crippen molar-refractivity contribution in [3.05, 3.63) is 81.5 Å². The van der Waals surface area contributed by atoms with Gasteiger partial charge in [0.1, 0.15) is 0 Å². The number of thiophene rings is 1. The fourth-order valence-electron chi connectivity index (χ4n) is 4.64. The van der Waals surface area contributed by atoms with Gasteiger partial charge >= 0.3 is 0 Å². The smallest absolute Gasteiger partial charge is 0.261 e. The number of H-pyrrole nitrogens is 1. The molecule has 1 amide bonds. The molecular formula is C26H27N3O2S. The number of nitrogens with one attached hydrogen (secondary N) is 2. The Morgan fingerprint density at radius 1 is 1.03 bits per heavy atom. The number of aromatic nitrogens is 1. The van der Waals surface area contributed by atoms with Gasteiger partial charge in [0.15, 0.2) is 0 Å². The first-order valence-corrected chi connectivity index (χ1v) is 12.1. The predicted molar refractivity (Wildman–Crippen MR) is 132 cm³/mol. The minimum absolute atomic E-state index is 0.0740. The first kappa shape index (κ1) is 20.9. The van der Waals surface area contributed by atoms with Gasteiger partial charge < -0.3 is 15.2 Å². The molecule has 5 rings (SSSR count). The van der Waals surface area contributed by atoms with Crippen molar-refractivity contribution < 1.29 is 4.79 Å². The molecule has 5 nitrogen and oxygen atoms in total. The lowest BCUT2D eigenvalue weighted by Crippen LogP contribution is -2.39. The van der Waals surface area contributed by atoms with Crippen LogP contribution in [0, 0.1) is 5.92 Å². The summed E-state index contributed by atoms with van der Waals surface area (Å²) in [6, 6.07) is 20.1. The molecule has 0 aliphatic carbocycles. The van der Waals surface area contributed by atoms with E-state index in [-0.39, 0.29) is 11.5 Å². The number of piperidine rings is 1. The van der Waals surface area contributed by atoms with Crippen molar-refractivity contribution in [1.82, 2.24) is 15.2 Å². The highest BCUT2D eigenvalue weighted by atomic mass is 32.1. The van der Waals surface area contributed by atoms with E-state index in [9.17, 15) is 9.59 Å². The van der Waals surface area contributed by atoms with Crippen LogP contribution in [0.5, 0.6) is 0 Å². The number of aromatic amines is 1. The SMILES string of the molecule is O=C(NCCN1CCC(Cc2ccccc2)CC1)c1cc2[nH]c(=O)c3ccccc3c2s1. The van der Waals surface area contributed by atoms with Gasteiger partial charge in [-0.15, -0.1) is 11.3 Å². The van der Waals surface area contributed by atoms with Gasteiger partial charge in [-0.3, -0.25) is 9.59 Å². The molecule has 4 aromatic rings. The maximum Gasteiger partial charge on any atom is 0.261 e. The number of carbonyl (C=O) groups is 1. The number of nitrogens with zero attached hydrogens (tertiary/aromatic N) is 1. The van der Waals surface area contributed by atoms with Crippen LogP contribution in [0.15, 0.2) is 65.5 Å². The number of hydrogen-bond donors (Lipinski definition) is 2. The summed E-state index contributed by atoms with van der Waals surface area (Å²) in [5.74, 6) is 0.675. The topological polar surface area (TPSA) is 65.2 Å². The summed E-state index contributed by atoms with van der Waals surface area (Å²) in [5, 5.41) is 4.61. The average Bonchev–Trinajstić information content (AvgIpc) is 3.25. The largest absolute Gasteiger partial charge is 0.350 e. The zero-order valence-electron chi connectivity index (χ0n) is 18.0. The Labute approximate surface area is 191 Å². The van der Waals surface area contributed by atoms with Crippen LogP contribution in [-0.2, 0) is 6.42 Å². The summed E-state index contributed by atoms with van der Waals surface area (Å²) >= 11 is 1.43. The molecule has 0 unspecified atom stereocenters. The summed E-state index contributed by atoms with van der Waals surface area (Å²) in [6.07, 6.45) is 3.58. The number of amides is 1. The zero-order valence-corrected chi connectivity index (χ0v) is 18.8. The fraction of sp³-hybridized carbons (Fsp3) is 0.308. The molecule has 1 fully saturated rings. The maximum absolute atomic E-state index is 12.7. The second-order valence-corrected chi connectivity index (χ2v) is 9.64. The van der Waals surface area contributed by atoms with E-state index in [1.165, 1.54) is 29.7 Å². The van der Waals surface area contributed by atoms with Crippen molar-refractivity contribution in [3.8, 4) is 0 Å². The van der Waals surface area contributed by atoms with E-state index in [2.05, 4.69) is 45.5 Å². The van der Waals surface area contributed by atoms with Gasteiger partial charge in [-0.25, -0.2) is 0 Å². The lowest BCUT2D eigenvalue weighted by molar-refractivity contribution is 0.0948. The number of rotatable bonds is 6. The van der Waals surface area contributed by atoms with Crippen LogP contribution in [0.25, 0.3) is 21.0 Å². The number of pyridine rings is 1. The third kappa shape index (κ3) is 4.47. The molecular weight excluding hydrogens is 418 g/mol. The van der Waals surface area contributed by atoms with Gasteiger partial charge in [-0.2, -0.15) is 0 Å². The number of carbonyl (C=O) groups excluding carboxylic acids is 1. The summed E-state index contributed by atoms with van der Waals surface area (Å²) in [7, 11) is 0. The third-order valence-electron chi connectivity index (χ3n) is 6.41. The molecule has 3 heterocycles. The molecule has 1 saturated heterocycles. The third-order valence-corrected chi connectivity index (χ3v) is 7.58. The van der Waals surface area contributed by atoms with Crippen molar-refractivity contribution in [2.75, 3.05) is 26.2 Å². The summed E-state index contributed by atoms with van der Waals surface area (Å²) in [4.78, 5) is 31.0. The van der Waals surface area contributed by atoms with Crippen molar-refractivity contribution in [2.24, 2.45) is 5.92 Å². The molecule has 0 spiro atoms. The zero-order chi connectivity index (χ0) is 21.9. The Morgan fingerprint density at radius 2 is 1.75 bits per heavy atom. The lowest BCUT2D eigenvalue weighted by atomic mass is 9.90. The van der Waals surface area contributed by atoms with Crippen molar-refractivity contribution in [3.63, 3.8) is 0 Å². The van der Waals surface area contributed by atoms with Gasteiger partial charge in [0, 0.05) is 23.9 Å². The van der Waals surface area contributed by atoms with E-state index >= 15 is 0 Å². The lowest BCUT2D eigenvalue weighted by Gasteiger charge is -2.32. The first-order valence-electron chi connectivity index (χ1n) is 11.3. The van der Waals surface area contributed by atoms with E-state index in [4.69, 9.17) is 0 Å². The summed E-state index contributed by atoms with van der Waals surface area (Å²) in [6.45, 7) is 3.68. The normalized spacial score (nSPS) is 15.4. The highest BCUT2D eigenvalue weighted by Gasteiger charge is 2.20. The van der Waals surface area contributed by atoms with Gasteiger partial charge in [0.05, 0.1) is 15.1 Å². The Hall–Kier alpha value is -2.96. The number of hydrogen-bond acceptors (Lipinski definition) is 4. The molecule has 164 valence electrons. The highest BCUT2D eigenvalue weighted by Crippen LogP contribution is 2.29. The maximum atomic E-state index is 12.7. The van der Waals surface area contributed by atoms with Gasteiger partial charge in [0.2, 0.25) is 0 Å². The molecule has 0 radical (unpaired) electrons. The monoisotopic (exact) mass is 445 g/mol. The fourth-order valence-corrected chi connectivity index (χ4v) is 5.71. The number of benzene rings is 2. The van der Waals surface area contributed by atoms with Crippen LogP contribution in [0.1, 0.15) is 28.1 Å². The molecule has 1 aliphatic rings. The predicted octanol–water partition coefficient (Wildman–Crippen LogP) is 4.43. The Kier molecular flexibility index (Phi) is 6.06.